The van der Waals surface area contributed by atoms with Crippen LogP contribution in [0.1, 0.15) is 30.9 Å². The van der Waals surface area contributed by atoms with E-state index < -0.39 is 6.04 Å². The SMILES string of the molecule is COc1cccc(C2Nc3nonc3NC3=C2C(=O)CCC3)c1OC. The minimum absolute atomic E-state index is 0.0956. The Labute approximate surface area is 144 Å². The minimum Gasteiger partial charge on any atom is -0.493 e. The lowest BCUT2D eigenvalue weighted by Gasteiger charge is -2.26. The largest absolute Gasteiger partial charge is 0.493 e. The second-order valence-corrected chi connectivity index (χ2v) is 5.92. The number of Topliss-reactive ketones (excluding diaryl/α,β-unsaturated/α-hetero) is 1. The summed E-state index contributed by atoms with van der Waals surface area (Å²) in [5.74, 6) is 2.21. The van der Waals surface area contributed by atoms with Gasteiger partial charge >= 0.3 is 0 Å². The van der Waals surface area contributed by atoms with Gasteiger partial charge in [-0.3, -0.25) is 4.79 Å². The Morgan fingerprint density at radius 3 is 2.80 bits per heavy atom. The molecule has 0 amide bonds. The highest BCUT2D eigenvalue weighted by molar-refractivity contribution is 6.00. The first kappa shape index (κ1) is 15.5. The average Bonchev–Trinajstić information content (AvgIpc) is 2.99. The number of anilines is 2. The first-order chi connectivity index (χ1) is 12.2. The number of fused-ring (bicyclic) bond motifs is 1. The van der Waals surface area contributed by atoms with Crippen molar-refractivity contribution in [1.82, 2.24) is 10.3 Å². The zero-order valence-electron chi connectivity index (χ0n) is 14.0. The lowest BCUT2D eigenvalue weighted by molar-refractivity contribution is -0.116. The molecule has 8 nitrogen and oxygen atoms in total. The van der Waals surface area contributed by atoms with E-state index in [1.54, 1.807) is 14.2 Å². The van der Waals surface area contributed by atoms with Gasteiger partial charge in [0.1, 0.15) is 0 Å². The standard InChI is InChI=1S/C17H18N4O4/c1-23-12-8-3-5-9(15(12)24-2)14-13-10(6-4-7-11(13)22)18-16-17(19-14)21-25-20-16/h3,5,8,14H,4,6-7H2,1-2H3,(H,18,20)(H,19,21). The van der Waals surface area contributed by atoms with Crippen molar-refractivity contribution in [2.75, 3.05) is 24.9 Å². The van der Waals surface area contributed by atoms with E-state index in [9.17, 15) is 4.79 Å². The number of methoxy groups -OCH3 is 2. The molecule has 0 bridgehead atoms. The Morgan fingerprint density at radius 1 is 1.16 bits per heavy atom. The highest BCUT2D eigenvalue weighted by Gasteiger charge is 2.35. The molecule has 2 N–H and O–H groups in total. The predicted molar refractivity (Wildman–Crippen MR) is 89.7 cm³/mol. The van der Waals surface area contributed by atoms with Crippen LogP contribution in [0.2, 0.25) is 0 Å². The molecule has 1 aromatic heterocycles. The maximum Gasteiger partial charge on any atom is 0.219 e. The number of hydrogen-bond acceptors (Lipinski definition) is 8. The highest BCUT2D eigenvalue weighted by atomic mass is 16.6. The summed E-state index contributed by atoms with van der Waals surface area (Å²) in [7, 11) is 3.16. The van der Waals surface area contributed by atoms with Gasteiger partial charge in [-0.25, -0.2) is 4.63 Å². The van der Waals surface area contributed by atoms with E-state index in [0.717, 1.165) is 24.1 Å². The van der Waals surface area contributed by atoms with Crippen molar-refractivity contribution in [3.63, 3.8) is 0 Å². The van der Waals surface area contributed by atoms with Gasteiger partial charge in [-0.15, -0.1) is 0 Å². The highest BCUT2D eigenvalue weighted by Crippen LogP contribution is 2.44. The Morgan fingerprint density at radius 2 is 2.00 bits per heavy atom. The number of carbonyl (C=O) groups excluding carboxylic acids is 1. The molecule has 0 saturated heterocycles. The Balaban J connectivity index is 1.91. The van der Waals surface area contributed by atoms with Gasteiger partial charge in [0, 0.05) is 23.3 Å². The summed E-state index contributed by atoms with van der Waals surface area (Å²) >= 11 is 0. The van der Waals surface area contributed by atoms with Crippen LogP contribution in [0.4, 0.5) is 11.6 Å². The minimum atomic E-state index is -0.437. The number of ether oxygens (including phenoxy) is 2. The Hall–Kier alpha value is -3.03. The van der Waals surface area contributed by atoms with Gasteiger partial charge in [-0.05, 0) is 29.2 Å². The quantitative estimate of drug-likeness (QED) is 0.878. The van der Waals surface area contributed by atoms with E-state index >= 15 is 0 Å². The second-order valence-electron chi connectivity index (χ2n) is 5.92. The third kappa shape index (κ3) is 2.50. The van der Waals surface area contributed by atoms with E-state index in [-0.39, 0.29) is 5.78 Å². The number of aromatic nitrogens is 2. The van der Waals surface area contributed by atoms with E-state index in [2.05, 4.69) is 20.9 Å². The molecule has 2 aliphatic rings. The Bertz CT molecular complexity index is 858. The first-order valence-corrected chi connectivity index (χ1v) is 8.06. The summed E-state index contributed by atoms with van der Waals surface area (Å²) in [6.45, 7) is 0. The topological polar surface area (TPSA) is 98.5 Å². The van der Waals surface area contributed by atoms with Gasteiger partial charge in [-0.1, -0.05) is 12.1 Å². The number of carbonyl (C=O) groups is 1. The normalized spacial score (nSPS) is 19.3. The van der Waals surface area contributed by atoms with Crippen LogP contribution in [-0.4, -0.2) is 30.3 Å². The Kier molecular flexibility index (Phi) is 3.79. The molecule has 1 atom stereocenters. The fourth-order valence-electron chi connectivity index (χ4n) is 3.42. The van der Waals surface area contributed by atoms with Crippen molar-refractivity contribution in [1.29, 1.82) is 0 Å². The van der Waals surface area contributed by atoms with Gasteiger partial charge in [0.05, 0.1) is 20.3 Å². The molecule has 25 heavy (non-hydrogen) atoms. The van der Waals surface area contributed by atoms with Crippen molar-refractivity contribution in [3.05, 3.63) is 35.0 Å². The molecular formula is C17H18N4O4. The molecule has 0 fully saturated rings. The van der Waals surface area contributed by atoms with Gasteiger partial charge < -0.3 is 20.1 Å². The molecular weight excluding hydrogens is 324 g/mol. The number of rotatable bonds is 3. The molecule has 2 aromatic rings. The van der Waals surface area contributed by atoms with Crippen LogP contribution < -0.4 is 20.1 Å². The zero-order chi connectivity index (χ0) is 17.4. The van der Waals surface area contributed by atoms with Gasteiger partial charge in [0.2, 0.25) is 11.6 Å². The second kappa shape index (κ2) is 6.12. The van der Waals surface area contributed by atoms with Crippen LogP contribution in [0.25, 0.3) is 0 Å². The molecule has 0 spiro atoms. The van der Waals surface area contributed by atoms with Gasteiger partial charge in [-0.2, -0.15) is 0 Å². The predicted octanol–water partition coefficient (Wildman–Crippen LogP) is 2.67. The molecule has 130 valence electrons. The molecule has 4 rings (SSSR count). The van der Waals surface area contributed by atoms with E-state index in [4.69, 9.17) is 14.1 Å². The van der Waals surface area contributed by atoms with E-state index in [1.807, 2.05) is 18.2 Å². The molecule has 0 radical (unpaired) electrons. The van der Waals surface area contributed by atoms with Crippen LogP contribution in [0.5, 0.6) is 11.5 Å². The maximum atomic E-state index is 12.7. The summed E-state index contributed by atoms with van der Waals surface area (Å²) in [6, 6.07) is 5.16. The molecule has 2 heterocycles. The average molecular weight is 342 g/mol. The third-order valence-electron chi connectivity index (χ3n) is 4.53. The number of benzene rings is 1. The third-order valence-corrected chi connectivity index (χ3v) is 4.53. The zero-order valence-corrected chi connectivity index (χ0v) is 14.0. The van der Waals surface area contributed by atoms with Crippen molar-refractivity contribution in [2.24, 2.45) is 0 Å². The summed E-state index contributed by atoms with van der Waals surface area (Å²) in [5, 5.41) is 14.2. The number of hydrogen-bond donors (Lipinski definition) is 2. The molecule has 0 saturated carbocycles. The fraction of sp³-hybridized carbons (Fsp3) is 0.353. The molecule has 8 heteroatoms. The van der Waals surface area contributed by atoms with Crippen LogP contribution in [0.3, 0.4) is 0 Å². The lowest BCUT2D eigenvalue weighted by Crippen LogP contribution is -2.24. The number of para-hydroxylation sites is 1. The van der Waals surface area contributed by atoms with Crippen molar-refractivity contribution >= 4 is 17.4 Å². The number of nitrogens with one attached hydrogen (secondary N) is 2. The summed E-state index contributed by atoms with van der Waals surface area (Å²) in [5.41, 5.74) is 2.31. The first-order valence-electron chi connectivity index (χ1n) is 8.06. The summed E-state index contributed by atoms with van der Waals surface area (Å²) in [4.78, 5) is 12.7. The maximum absolute atomic E-state index is 12.7. The van der Waals surface area contributed by atoms with Crippen LogP contribution in [-0.2, 0) is 4.79 Å². The van der Waals surface area contributed by atoms with Crippen LogP contribution >= 0.6 is 0 Å². The van der Waals surface area contributed by atoms with Crippen molar-refractivity contribution in [2.45, 2.75) is 25.3 Å². The van der Waals surface area contributed by atoms with Gasteiger partial charge in [0.25, 0.3) is 0 Å². The molecule has 1 aliphatic heterocycles. The van der Waals surface area contributed by atoms with E-state index in [1.165, 1.54) is 0 Å². The summed E-state index contributed by atoms with van der Waals surface area (Å²) < 4.78 is 15.8. The van der Waals surface area contributed by atoms with Crippen molar-refractivity contribution < 1.29 is 18.9 Å². The number of ketones is 1. The molecule has 1 aromatic carbocycles. The van der Waals surface area contributed by atoms with Gasteiger partial charge in [0.15, 0.2) is 17.3 Å². The number of nitrogens with zero attached hydrogens (tertiary/aromatic N) is 2. The number of allylic oxidation sites excluding steroid dienone is 1. The smallest absolute Gasteiger partial charge is 0.219 e. The van der Waals surface area contributed by atoms with E-state index in [0.29, 0.717) is 35.1 Å². The van der Waals surface area contributed by atoms with Crippen LogP contribution in [0.15, 0.2) is 34.1 Å². The summed E-state index contributed by atoms with van der Waals surface area (Å²) in [6.07, 6.45) is 2.07. The van der Waals surface area contributed by atoms with Crippen LogP contribution in [0, 0.1) is 0 Å². The molecule has 1 aliphatic carbocycles. The fourth-order valence-corrected chi connectivity index (χ4v) is 3.42. The molecule has 1 unspecified atom stereocenters. The van der Waals surface area contributed by atoms with Crippen molar-refractivity contribution in [3.8, 4) is 11.5 Å². The monoisotopic (exact) mass is 342 g/mol. The lowest BCUT2D eigenvalue weighted by atomic mass is 9.86.